The van der Waals surface area contributed by atoms with Crippen molar-refractivity contribution in [2.75, 3.05) is 6.54 Å². The van der Waals surface area contributed by atoms with Gasteiger partial charge in [0.15, 0.2) is 0 Å². The summed E-state index contributed by atoms with van der Waals surface area (Å²) in [5.74, 6) is 0. The van der Waals surface area contributed by atoms with Crippen LogP contribution in [0.3, 0.4) is 0 Å². The summed E-state index contributed by atoms with van der Waals surface area (Å²) in [6.07, 6.45) is 4.47. The van der Waals surface area contributed by atoms with Gasteiger partial charge in [0.05, 0.1) is 0 Å². The number of hydrogen-bond acceptors (Lipinski definition) is 4. The van der Waals surface area contributed by atoms with Crippen molar-refractivity contribution in [3.63, 3.8) is 0 Å². The van der Waals surface area contributed by atoms with Gasteiger partial charge in [0.1, 0.15) is 11.4 Å². The molecule has 1 N–H and O–H groups in total. The number of nitrogens with zero attached hydrogens (tertiary/aromatic N) is 2. The summed E-state index contributed by atoms with van der Waals surface area (Å²) in [6, 6.07) is 8.71. The van der Waals surface area contributed by atoms with E-state index in [9.17, 15) is 0 Å². The van der Waals surface area contributed by atoms with Crippen molar-refractivity contribution in [2.24, 2.45) is 0 Å². The van der Waals surface area contributed by atoms with E-state index < -0.39 is 0 Å². The van der Waals surface area contributed by atoms with Crippen LogP contribution in [0.5, 0.6) is 0 Å². The number of rotatable bonds is 6. The second kappa shape index (κ2) is 7.76. The molecule has 0 aliphatic heterocycles. The van der Waals surface area contributed by atoms with E-state index in [-0.39, 0.29) is 0 Å². The molecule has 3 nitrogen and oxygen atoms in total. The molecule has 2 rings (SSSR count). The average molecular weight is 352 g/mol. The molecule has 1 aromatic carbocycles. The molecule has 5 heteroatoms. The topological polar surface area (TPSA) is 37.8 Å². The summed E-state index contributed by atoms with van der Waals surface area (Å²) >= 11 is 5.31. The first-order chi connectivity index (χ1) is 9.70. The quantitative estimate of drug-likeness (QED) is 0.780. The number of benzene rings is 1. The van der Waals surface area contributed by atoms with Crippen LogP contribution in [-0.4, -0.2) is 16.5 Å². The molecular weight excluding hydrogens is 334 g/mol. The third-order valence-electron chi connectivity index (χ3n) is 2.92. The Labute approximate surface area is 132 Å². The van der Waals surface area contributed by atoms with E-state index in [4.69, 9.17) is 0 Å². The van der Waals surface area contributed by atoms with Gasteiger partial charge in [-0.05, 0) is 43.7 Å². The van der Waals surface area contributed by atoms with Gasteiger partial charge < -0.3 is 5.32 Å². The zero-order valence-electron chi connectivity index (χ0n) is 11.6. The fourth-order valence-electron chi connectivity index (χ4n) is 1.85. The van der Waals surface area contributed by atoms with Gasteiger partial charge >= 0.3 is 0 Å². The van der Waals surface area contributed by atoms with E-state index in [1.54, 1.807) is 24.3 Å². The van der Waals surface area contributed by atoms with Crippen LogP contribution in [0, 0.1) is 0 Å². The Morgan fingerprint density at radius 3 is 2.85 bits per heavy atom. The lowest BCUT2D eigenvalue weighted by atomic mass is 10.1. The van der Waals surface area contributed by atoms with E-state index in [1.165, 1.54) is 10.5 Å². The van der Waals surface area contributed by atoms with Crippen LogP contribution < -0.4 is 5.32 Å². The number of nitrogens with one attached hydrogen (secondary N) is 1. The zero-order valence-corrected chi connectivity index (χ0v) is 14.0. The largest absolute Gasteiger partial charge is 0.310 e. The smallest absolute Gasteiger partial charge is 0.116 e. The van der Waals surface area contributed by atoms with Crippen molar-refractivity contribution >= 4 is 27.7 Å². The molecule has 0 amide bonds. The first-order valence-electron chi connectivity index (χ1n) is 6.67. The minimum atomic E-state index is 0.349. The standard InChI is InChI=1S/C15H18BrN3S/c1-3-7-18-11(2)13-5-4-12(9-14(13)16)20-15-6-8-17-10-19-15/h4-6,8-11,18H,3,7H2,1-2H3. The summed E-state index contributed by atoms with van der Waals surface area (Å²) in [7, 11) is 0. The molecule has 1 atom stereocenters. The van der Waals surface area contributed by atoms with E-state index in [0.29, 0.717) is 6.04 Å². The lowest BCUT2D eigenvalue weighted by Gasteiger charge is -2.16. The molecular formula is C15H18BrN3S. The van der Waals surface area contributed by atoms with Crippen LogP contribution in [0.4, 0.5) is 0 Å². The summed E-state index contributed by atoms with van der Waals surface area (Å²) in [6.45, 7) is 5.40. The molecule has 1 heterocycles. The van der Waals surface area contributed by atoms with E-state index in [2.05, 4.69) is 63.3 Å². The molecule has 20 heavy (non-hydrogen) atoms. The Hall–Kier alpha value is -0.910. The predicted octanol–water partition coefficient (Wildman–Crippen LogP) is 4.45. The molecule has 2 aromatic rings. The highest BCUT2D eigenvalue weighted by atomic mass is 79.9. The van der Waals surface area contributed by atoms with Crippen molar-refractivity contribution in [3.05, 3.63) is 46.8 Å². The SMILES string of the molecule is CCCNC(C)c1ccc(Sc2ccncn2)cc1Br. The molecule has 106 valence electrons. The first-order valence-corrected chi connectivity index (χ1v) is 8.28. The lowest BCUT2D eigenvalue weighted by Crippen LogP contribution is -2.19. The van der Waals surface area contributed by atoms with Crippen LogP contribution in [0.1, 0.15) is 31.9 Å². The minimum absolute atomic E-state index is 0.349. The molecule has 0 spiro atoms. The molecule has 0 aliphatic rings. The Kier molecular flexibility index (Phi) is 6.01. The van der Waals surface area contributed by atoms with Crippen molar-refractivity contribution in [1.29, 1.82) is 0 Å². The second-order valence-electron chi connectivity index (χ2n) is 4.51. The van der Waals surface area contributed by atoms with E-state index >= 15 is 0 Å². The number of halogens is 1. The summed E-state index contributed by atoms with van der Waals surface area (Å²) in [5, 5.41) is 4.46. The molecule has 0 fully saturated rings. The van der Waals surface area contributed by atoms with Crippen LogP contribution in [0.15, 0.2) is 51.2 Å². The number of aromatic nitrogens is 2. The maximum atomic E-state index is 4.23. The van der Waals surface area contributed by atoms with Crippen molar-refractivity contribution < 1.29 is 0 Å². The van der Waals surface area contributed by atoms with Crippen molar-refractivity contribution in [3.8, 4) is 0 Å². The van der Waals surface area contributed by atoms with Crippen LogP contribution in [-0.2, 0) is 0 Å². The van der Waals surface area contributed by atoms with Gasteiger partial charge in [-0.2, -0.15) is 0 Å². The van der Waals surface area contributed by atoms with Crippen molar-refractivity contribution in [1.82, 2.24) is 15.3 Å². The Morgan fingerprint density at radius 2 is 2.20 bits per heavy atom. The van der Waals surface area contributed by atoms with Gasteiger partial charge in [-0.25, -0.2) is 9.97 Å². The molecule has 1 unspecified atom stereocenters. The second-order valence-corrected chi connectivity index (χ2v) is 6.46. The highest BCUT2D eigenvalue weighted by molar-refractivity contribution is 9.10. The van der Waals surface area contributed by atoms with Gasteiger partial charge in [0.25, 0.3) is 0 Å². The van der Waals surface area contributed by atoms with Gasteiger partial charge in [0.2, 0.25) is 0 Å². The van der Waals surface area contributed by atoms with Crippen LogP contribution in [0.2, 0.25) is 0 Å². The molecule has 1 aromatic heterocycles. The average Bonchev–Trinajstić information content (AvgIpc) is 2.46. The number of hydrogen-bond donors (Lipinski definition) is 1. The third-order valence-corrected chi connectivity index (χ3v) is 4.54. The zero-order chi connectivity index (χ0) is 14.4. The maximum Gasteiger partial charge on any atom is 0.116 e. The van der Waals surface area contributed by atoms with Gasteiger partial charge in [-0.1, -0.05) is 40.7 Å². The molecule has 0 radical (unpaired) electrons. The Balaban J connectivity index is 2.09. The summed E-state index contributed by atoms with van der Waals surface area (Å²) in [4.78, 5) is 9.32. The molecule has 0 saturated heterocycles. The monoisotopic (exact) mass is 351 g/mol. The molecule has 0 bridgehead atoms. The van der Waals surface area contributed by atoms with Gasteiger partial charge in [0, 0.05) is 21.6 Å². The first kappa shape index (κ1) is 15.5. The fraction of sp³-hybridized carbons (Fsp3) is 0.333. The maximum absolute atomic E-state index is 4.23. The molecule has 0 saturated carbocycles. The van der Waals surface area contributed by atoms with Gasteiger partial charge in [-0.3, -0.25) is 0 Å². The minimum Gasteiger partial charge on any atom is -0.310 e. The molecule has 0 aliphatic carbocycles. The predicted molar refractivity (Wildman–Crippen MR) is 87.0 cm³/mol. The van der Waals surface area contributed by atoms with Crippen molar-refractivity contribution in [2.45, 2.75) is 36.2 Å². The lowest BCUT2D eigenvalue weighted by molar-refractivity contribution is 0.568. The van der Waals surface area contributed by atoms with E-state index in [1.807, 2.05) is 6.07 Å². The highest BCUT2D eigenvalue weighted by Gasteiger charge is 2.09. The normalized spacial score (nSPS) is 12.3. The summed E-state index contributed by atoms with van der Waals surface area (Å²) in [5.41, 5.74) is 1.28. The van der Waals surface area contributed by atoms with Gasteiger partial charge in [-0.15, -0.1) is 0 Å². The summed E-state index contributed by atoms with van der Waals surface area (Å²) < 4.78 is 1.13. The third kappa shape index (κ3) is 4.30. The van der Waals surface area contributed by atoms with Crippen LogP contribution >= 0.6 is 27.7 Å². The fourth-order valence-corrected chi connectivity index (χ4v) is 3.51. The Bertz CT molecular complexity index is 548. The Morgan fingerprint density at radius 1 is 1.35 bits per heavy atom. The van der Waals surface area contributed by atoms with E-state index in [0.717, 1.165) is 22.5 Å². The van der Waals surface area contributed by atoms with Crippen LogP contribution in [0.25, 0.3) is 0 Å². The highest BCUT2D eigenvalue weighted by Crippen LogP contribution is 2.31.